The summed E-state index contributed by atoms with van der Waals surface area (Å²) in [6, 6.07) is 0. The molecule has 22 heavy (non-hydrogen) atoms. The molecule has 1 spiro atoms. The van der Waals surface area contributed by atoms with Gasteiger partial charge in [-0.1, -0.05) is 20.8 Å². The molecule has 1 atom stereocenters. The lowest BCUT2D eigenvalue weighted by molar-refractivity contribution is -0.210. The molecule has 6 nitrogen and oxygen atoms in total. The quantitative estimate of drug-likeness (QED) is 0.886. The van der Waals surface area contributed by atoms with Gasteiger partial charge in [0.25, 0.3) is 0 Å². The van der Waals surface area contributed by atoms with E-state index in [0.717, 1.165) is 39.1 Å². The summed E-state index contributed by atoms with van der Waals surface area (Å²) in [4.78, 5) is 0. The van der Waals surface area contributed by atoms with Gasteiger partial charge < -0.3 is 19.5 Å². The van der Waals surface area contributed by atoms with E-state index in [1.807, 2.05) is 6.20 Å². The monoisotopic (exact) mass is 309 g/mol. The Morgan fingerprint density at radius 3 is 2.86 bits per heavy atom. The minimum atomic E-state index is -0.392. The highest BCUT2D eigenvalue weighted by molar-refractivity contribution is 5.23. The summed E-state index contributed by atoms with van der Waals surface area (Å²) in [5, 5.41) is 10.8. The van der Waals surface area contributed by atoms with E-state index in [-0.39, 0.29) is 11.5 Å². The molecule has 1 aromatic heterocycles. The number of hydrogen-bond donors (Lipinski definition) is 2. The summed E-state index contributed by atoms with van der Waals surface area (Å²) in [6.07, 6.45) is 3.68. The third kappa shape index (κ3) is 3.51. The van der Waals surface area contributed by atoms with Gasteiger partial charge in [0, 0.05) is 42.6 Å². The minimum absolute atomic E-state index is 0.0760. The van der Waals surface area contributed by atoms with Crippen LogP contribution in [0.25, 0.3) is 0 Å². The van der Waals surface area contributed by atoms with Crippen LogP contribution in [0.5, 0.6) is 0 Å². The first-order chi connectivity index (χ1) is 10.5. The highest BCUT2D eigenvalue weighted by Crippen LogP contribution is 2.33. The first kappa shape index (κ1) is 15.9. The molecule has 0 unspecified atom stereocenters. The zero-order valence-corrected chi connectivity index (χ0v) is 13.8. The van der Waals surface area contributed by atoms with Crippen molar-refractivity contribution in [3.05, 3.63) is 17.5 Å². The topological polar surface area (TPSA) is 68.4 Å². The van der Waals surface area contributed by atoms with Crippen molar-refractivity contribution in [3.8, 4) is 0 Å². The van der Waals surface area contributed by atoms with E-state index >= 15 is 0 Å². The predicted molar refractivity (Wildman–Crippen MR) is 82.6 cm³/mol. The number of aromatic nitrogens is 2. The second-order valence-electron chi connectivity index (χ2n) is 7.23. The van der Waals surface area contributed by atoms with Crippen molar-refractivity contribution < 1.29 is 14.2 Å². The molecule has 124 valence electrons. The normalized spacial score (nSPS) is 25.0. The maximum absolute atomic E-state index is 6.12. The van der Waals surface area contributed by atoms with Crippen molar-refractivity contribution in [2.75, 3.05) is 26.4 Å². The van der Waals surface area contributed by atoms with Crippen LogP contribution in [-0.4, -0.2) is 48.5 Å². The molecule has 2 aliphatic rings. The molecule has 0 saturated carbocycles. The molecule has 0 radical (unpaired) electrons. The maximum Gasteiger partial charge on any atom is 0.173 e. The molecule has 2 fully saturated rings. The van der Waals surface area contributed by atoms with E-state index in [1.54, 1.807) is 0 Å². The number of hydrogen-bond acceptors (Lipinski definition) is 5. The summed E-state index contributed by atoms with van der Waals surface area (Å²) < 4.78 is 17.4. The lowest BCUT2D eigenvalue weighted by Crippen LogP contribution is -2.39. The summed E-state index contributed by atoms with van der Waals surface area (Å²) >= 11 is 0. The number of nitrogens with one attached hydrogen (secondary N) is 2. The van der Waals surface area contributed by atoms with E-state index in [4.69, 9.17) is 14.2 Å². The van der Waals surface area contributed by atoms with Gasteiger partial charge in [-0.05, 0) is 0 Å². The van der Waals surface area contributed by atoms with Gasteiger partial charge in [0.2, 0.25) is 0 Å². The molecule has 0 aromatic carbocycles. The van der Waals surface area contributed by atoms with Crippen LogP contribution in [0, 0.1) is 0 Å². The van der Waals surface area contributed by atoms with E-state index < -0.39 is 5.79 Å². The minimum Gasteiger partial charge on any atom is -0.381 e. The fourth-order valence-electron chi connectivity index (χ4n) is 3.12. The molecule has 3 rings (SSSR count). The second kappa shape index (κ2) is 6.28. The van der Waals surface area contributed by atoms with E-state index in [2.05, 4.69) is 36.3 Å². The number of aromatic amines is 1. The first-order valence-corrected chi connectivity index (χ1v) is 8.11. The van der Waals surface area contributed by atoms with Gasteiger partial charge in [0.05, 0.1) is 32.1 Å². The average Bonchev–Trinajstić information content (AvgIpc) is 3.07. The molecule has 3 heterocycles. The van der Waals surface area contributed by atoms with Gasteiger partial charge in [-0.2, -0.15) is 5.10 Å². The SMILES string of the molecule is CC(C)(C)c1[nH]ncc1CNC[C@@H]1COC2(CCOCC2)O1. The molecule has 2 saturated heterocycles. The Hall–Kier alpha value is -0.950. The zero-order chi connectivity index (χ0) is 15.6. The van der Waals surface area contributed by atoms with E-state index in [9.17, 15) is 0 Å². The van der Waals surface area contributed by atoms with Crippen LogP contribution in [0.4, 0.5) is 0 Å². The molecule has 0 amide bonds. The molecule has 0 bridgehead atoms. The molecule has 1 aromatic rings. The standard InChI is InChI=1S/C16H27N3O3/c1-15(2,3)14-12(9-18-19-14)8-17-10-13-11-21-16(22-13)4-6-20-7-5-16/h9,13,17H,4-8,10-11H2,1-3H3,(H,18,19)/t13-/m1/s1. The van der Waals surface area contributed by atoms with Crippen LogP contribution in [0.2, 0.25) is 0 Å². The fraction of sp³-hybridized carbons (Fsp3) is 0.812. The molecule has 6 heteroatoms. The van der Waals surface area contributed by atoms with Crippen LogP contribution >= 0.6 is 0 Å². The number of ether oxygens (including phenoxy) is 3. The van der Waals surface area contributed by atoms with Gasteiger partial charge in [0.1, 0.15) is 0 Å². The Bertz CT molecular complexity index is 489. The predicted octanol–water partition coefficient (Wildman–Crippen LogP) is 1.72. The Labute approximate surface area is 131 Å². The summed E-state index contributed by atoms with van der Waals surface area (Å²) in [7, 11) is 0. The van der Waals surface area contributed by atoms with Crippen LogP contribution < -0.4 is 5.32 Å². The van der Waals surface area contributed by atoms with Gasteiger partial charge >= 0.3 is 0 Å². The third-order valence-corrected chi connectivity index (χ3v) is 4.32. The zero-order valence-electron chi connectivity index (χ0n) is 13.8. The number of nitrogens with zero attached hydrogens (tertiary/aromatic N) is 1. The largest absolute Gasteiger partial charge is 0.381 e. The average molecular weight is 309 g/mol. The van der Waals surface area contributed by atoms with Gasteiger partial charge in [-0.3, -0.25) is 5.10 Å². The summed E-state index contributed by atoms with van der Waals surface area (Å²) in [6.45, 7) is 10.3. The second-order valence-corrected chi connectivity index (χ2v) is 7.23. The Balaban J connectivity index is 1.47. The third-order valence-electron chi connectivity index (χ3n) is 4.32. The van der Waals surface area contributed by atoms with Crippen molar-refractivity contribution in [2.45, 2.75) is 57.5 Å². The van der Waals surface area contributed by atoms with Crippen molar-refractivity contribution in [2.24, 2.45) is 0 Å². The molecule has 2 N–H and O–H groups in total. The first-order valence-electron chi connectivity index (χ1n) is 8.11. The molecule has 0 aliphatic carbocycles. The van der Waals surface area contributed by atoms with E-state index in [0.29, 0.717) is 6.61 Å². The van der Waals surface area contributed by atoms with Crippen molar-refractivity contribution in [1.29, 1.82) is 0 Å². The summed E-state index contributed by atoms with van der Waals surface area (Å²) in [5.74, 6) is -0.392. The van der Waals surface area contributed by atoms with Crippen molar-refractivity contribution in [1.82, 2.24) is 15.5 Å². The van der Waals surface area contributed by atoms with Crippen LogP contribution in [0.3, 0.4) is 0 Å². The lowest BCUT2D eigenvalue weighted by atomic mass is 9.89. The van der Waals surface area contributed by atoms with Crippen molar-refractivity contribution >= 4 is 0 Å². The Kier molecular flexibility index (Phi) is 4.54. The number of rotatable bonds is 4. The van der Waals surface area contributed by atoms with Gasteiger partial charge in [0.15, 0.2) is 5.79 Å². The summed E-state index contributed by atoms with van der Waals surface area (Å²) in [5.41, 5.74) is 2.48. The molecule has 2 aliphatic heterocycles. The van der Waals surface area contributed by atoms with E-state index in [1.165, 1.54) is 11.3 Å². The maximum atomic E-state index is 6.12. The van der Waals surface area contributed by atoms with Gasteiger partial charge in [-0.25, -0.2) is 0 Å². The Morgan fingerprint density at radius 1 is 1.36 bits per heavy atom. The smallest absolute Gasteiger partial charge is 0.173 e. The fourth-order valence-corrected chi connectivity index (χ4v) is 3.12. The van der Waals surface area contributed by atoms with Crippen LogP contribution in [0.1, 0.15) is 44.9 Å². The highest BCUT2D eigenvalue weighted by atomic mass is 16.7. The van der Waals surface area contributed by atoms with Crippen molar-refractivity contribution in [3.63, 3.8) is 0 Å². The molecular weight excluding hydrogens is 282 g/mol. The number of H-pyrrole nitrogens is 1. The highest BCUT2D eigenvalue weighted by Gasteiger charge is 2.42. The Morgan fingerprint density at radius 2 is 2.14 bits per heavy atom. The molecular formula is C16H27N3O3. The van der Waals surface area contributed by atoms with Crippen LogP contribution in [-0.2, 0) is 26.2 Å². The lowest BCUT2D eigenvalue weighted by Gasteiger charge is -2.31. The van der Waals surface area contributed by atoms with Gasteiger partial charge in [-0.15, -0.1) is 0 Å². The van der Waals surface area contributed by atoms with Crippen LogP contribution in [0.15, 0.2) is 6.20 Å².